The van der Waals surface area contributed by atoms with Crippen molar-refractivity contribution >= 4 is 46.6 Å². The molecule has 1 aliphatic carbocycles. The zero-order valence-corrected chi connectivity index (χ0v) is 24.8. The molecule has 6 rings (SSSR count). The van der Waals surface area contributed by atoms with Crippen molar-refractivity contribution in [1.82, 2.24) is 5.32 Å². The number of amidine groups is 2. The van der Waals surface area contributed by atoms with E-state index in [0.717, 1.165) is 57.5 Å². The summed E-state index contributed by atoms with van der Waals surface area (Å²) in [4.78, 5) is 10.4. The summed E-state index contributed by atoms with van der Waals surface area (Å²) in [5.74, 6) is 1.40. The number of aliphatic imine (C=N–C) groups is 2. The molecule has 0 spiro atoms. The number of fused-ring (bicyclic) bond motifs is 2. The minimum absolute atomic E-state index is 0.0183. The molecule has 2 aliphatic heterocycles. The molecule has 4 nitrogen and oxygen atoms in total. The van der Waals surface area contributed by atoms with Crippen LogP contribution < -0.4 is 10.6 Å². The molecular weight excluding hydrogens is 535 g/mol. The molecule has 0 saturated carbocycles. The summed E-state index contributed by atoms with van der Waals surface area (Å²) in [5, 5.41) is 8.70. The van der Waals surface area contributed by atoms with E-state index in [1.807, 2.05) is 36.4 Å². The number of piperidine rings is 1. The van der Waals surface area contributed by atoms with Crippen molar-refractivity contribution in [2.75, 3.05) is 5.32 Å². The Morgan fingerprint density at radius 3 is 2.12 bits per heavy atom. The summed E-state index contributed by atoms with van der Waals surface area (Å²) >= 11 is 13.4. The highest BCUT2D eigenvalue weighted by Gasteiger charge is 2.38. The summed E-state index contributed by atoms with van der Waals surface area (Å²) in [7, 11) is 0. The lowest BCUT2D eigenvalue weighted by Crippen LogP contribution is -2.58. The highest BCUT2D eigenvalue weighted by atomic mass is 35.5. The van der Waals surface area contributed by atoms with E-state index >= 15 is 0 Å². The zero-order chi connectivity index (χ0) is 28.1. The van der Waals surface area contributed by atoms with E-state index < -0.39 is 0 Å². The van der Waals surface area contributed by atoms with Gasteiger partial charge in [-0.15, -0.1) is 0 Å². The average molecular weight is 570 g/mol. The Hall–Kier alpha value is -3.18. The van der Waals surface area contributed by atoms with Gasteiger partial charge in [0.25, 0.3) is 0 Å². The maximum Gasteiger partial charge on any atom is 0.150 e. The first-order chi connectivity index (χ1) is 19.1. The number of dihydropyridines is 1. The SMILES string of the molecule is CC1(C)CC(N=C2C=C3C(=Cc4ccccc4C3c3ccccc3Cl)C(Nc3ccccc3Cl)=N2)CC(C)(C)N1. The van der Waals surface area contributed by atoms with Crippen molar-refractivity contribution in [3.8, 4) is 0 Å². The lowest BCUT2D eigenvalue weighted by atomic mass is 9.74. The fourth-order valence-electron chi connectivity index (χ4n) is 6.62. The number of hydrogen-bond donors (Lipinski definition) is 2. The van der Waals surface area contributed by atoms with Crippen molar-refractivity contribution in [3.63, 3.8) is 0 Å². The molecule has 1 unspecified atom stereocenters. The number of hydrogen-bond acceptors (Lipinski definition) is 3. The van der Waals surface area contributed by atoms with Crippen LogP contribution >= 0.6 is 23.2 Å². The fraction of sp³-hybridized carbons (Fsp3) is 0.294. The standard InChI is InChI=1S/C34H34Cl2N4/c1-33(2)19-22(20-34(3,4)40-33)37-30-18-25-26(32(39-30)38-29-16-10-9-15-28(29)36)17-21-11-5-6-12-23(21)31(25)24-13-7-8-14-27(24)35/h5-18,22,31,40H,19-20H2,1-4H3,(H,37,38,39). The van der Waals surface area contributed by atoms with Gasteiger partial charge >= 0.3 is 0 Å². The maximum absolute atomic E-state index is 6.85. The zero-order valence-electron chi connectivity index (χ0n) is 23.3. The molecule has 40 heavy (non-hydrogen) atoms. The van der Waals surface area contributed by atoms with Gasteiger partial charge in [0.05, 0.1) is 16.8 Å². The second-order valence-electron chi connectivity index (χ2n) is 12.2. The molecule has 2 N–H and O–H groups in total. The minimum Gasteiger partial charge on any atom is -0.338 e. The van der Waals surface area contributed by atoms with E-state index in [-0.39, 0.29) is 23.0 Å². The van der Waals surface area contributed by atoms with E-state index in [2.05, 4.69) is 86.9 Å². The van der Waals surface area contributed by atoms with Gasteiger partial charge in [-0.05, 0) is 93.2 Å². The number of benzene rings is 3. The summed E-state index contributed by atoms with van der Waals surface area (Å²) in [5.41, 5.74) is 6.35. The third-order valence-electron chi connectivity index (χ3n) is 7.82. The van der Waals surface area contributed by atoms with Crippen molar-refractivity contribution in [2.45, 2.75) is 63.6 Å². The van der Waals surface area contributed by atoms with E-state index in [1.54, 1.807) is 0 Å². The van der Waals surface area contributed by atoms with Crippen LogP contribution in [0.15, 0.2) is 100 Å². The van der Waals surface area contributed by atoms with Gasteiger partial charge in [0.15, 0.2) is 0 Å². The lowest BCUT2D eigenvalue weighted by Gasteiger charge is -2.45. The topological polar surface area (TPSA) is 48.8 Å². The van der Waals surface area contributed by atoms with Gasteiger partial charge in [0.1, 0.15) is 11.7 Å². The van der Waals surface area contributed by atoms with Crippen LogP contribution in [0, 0.1) is 0 Å². The smallest absolute Gasteiger partial charge is 0.150 e. The first-order valence-electron chi connectivity index (χ1n) is 13.8. The minimum atomic E-state index is -0.0606. The Morgan fingerprint density at radius 1 is 0.800 bits per heavy atom. The van der Waals surface area contributed by atoms with Crippen LogP contribution in [0.2, 0.25) is 10.0 Å². The molecule has 0 amide bonds. The Balaban J connectivity index is 1.52. The maximum atomic E-state index is 6.85. The van der Waals surface area contributed by atoms with Crippen LogP contribution in [0.25, 0.3) is 6.08 Å². The predicted molar refractivity (Wildman–Crippen MR) is 170 cm³/mol. The number of nitrogens with one attached hydrogen (secondary N) is 2. The molecule has 1 saturated heterocycles. The van der Waals surface area contributed by atoms with Crippen LogP contribution in [0.4, 0.5) is 5.69 Å². The highest BCUT2D eigenvalue weighted by Crippen LogP contribution is 2.46. The molecule has 3 aromatic carbocycles. The Labute approximate surface area is 246 Å². The summed E-state index contributed by atoms with van der Waals surface area (Å²) in [6.45, 7) is 9.00. The lowest BCUT2D eigenvalue weighted by molar-refractivity contribution is 0.164. The van der Waals surface area contributed by atoms with E-state index in [9.17, 15) is 0 Å². The van der Waals surface area contributed by atoms with Crippen LogP contribution in [-0.4, -0.2) is 28.8 Å². The molecule has 0 bridgehead atoms. The number of para-hydroxylation sites is 1. The third kappa shape index (κ3) is 5.41. The molecule has 3 aromatic rings. The molecule has 2 heterocycles. The molecule has 204 valence electrons. The van der Waals surface area contributed by atoms with Crippen LogP contribution in [-0.2, 0) is 0 Å². The van der Waals surface area contributed by atoms with Crippen molar-refractivity contribution < 1.29 is 0 Å². The third-order valence-corrected chi connectivity index (χ3v) is 8.50. The Kier molecular flexibility index (Phi) is 6.98. The van der Waals surface area contributed by atoms with Gasteiger partial charge in [-0.1, -0.05) is 77.8 Å². The van der Waals surface area contributed by atoms with E-state index in [0.29, 0.717) is 5.02 Å². The molecule has 3 aliphatic rings. The monoisotopic (exact) mass is 568 g/mol. The largest absolute Gasteiger partial charge is 0.338 e. The molecule has 0 radical (unpaired) electrons. The van der Waals surface area contributed by atoms with Gasteiger partial charge in [-0.2, -0.15) is 0 Å². The number of rotatable bonds is 3. The molecule has 6 heteroatoms. The fourth-order valence-corrected chi connectivity index (χ4v) is 7.05. The predicted octanol–water partition coefficient (Wildman–Crippen LogP) is 8.68. The highest BCUT2D eigenvalue weighted by molar-refractivity contribution is 6.34. The Morgan fingerprint density at radius 2 is 1.43 bits per heavy atom. The van der Waals surface area contributed by atoms with Crippen molar-refractivity contribution in [3.05, 3.63) is 117 Å². The van der Waals surface area contributed by atoms with Gasteiger partial charge in [0, 0.05) is 27.6 Å². The summed E-state index contributed by atoms with van der Waals surface area (Å²) < 4.78 is 0. The second-order valence-corrected chi connectivity index (χ2v) is 13.1. The molecule has 1 atom stereocenters. The van der Waals surface area contributed by atoms with Gasteiger partial charge in [-0.3, -0.25) is 4.99 Å². The van der Waals surface area contributed by atoms with Gasteiger partial charge in [-0.25, -0.2) is 4.99 Å². The number of anilines is 1. The number of nitrogens with zero attached hydrogens (tertiary/aromatic N) is 2. The summed E-state index contributed by atoms with van der Waals surface area (Å²) in [6.07, 6.45) is 6.25. The average Bonchev–Trinajstić information content (AvgIpc) is 2.88. The van der Waals surface area contributed by atoms with Gasteiger partial charge in [0.2, 0.25) is 0 Å². The van der Waals surface area contributed by atoms with Crippen molar-refractivity contribution in [1.29, 1.82) is 0 Å². The van der Waals surface area contributed by atoms with Crippen LogP contribution in [0.3, 0.4) is 0 Å². The van der Waals surface area contributed by atoms with E-state index in [1.165, 1.54) is 5.56 Å². The first kappa shape index (κ1) is 27.0. The van der Waals surface area contributed by atoms with E-state index in [4.69, 9.17) is 33.2 Å². The number of halogens is 2. The molecule has 1 fully saturated rings. The van der Waals surface area contributed by atoms with Crippen LogP contribution in [0.1, 0.15) is 63.1 Å². The van der Waals surface area contributed by atoms with Crippen molar-refractivity contribution in [2.24, 2.45) is 9.98 Å². The Bertz CT molecular complexity index is 1580. The normalized spacial score (nSPS) is 22.5. The molecular formula is C34H34Cl2N4. The molecule has 0 aromatic heterocycles. The van der Waals surface area contributed by atoms with Crippen LogP contribution in [0.5, 0.6) is 0 Å². The van der Waals surface area contributed by atoms with Gasteiger partial charge < -0.3 is 10.6 Å². The second kappa shape index (κ2) is 10.3. The quantitative estimate of drug-likeness (QED) is 0.332. The first-order valence-corrected chi connectivity index (χ1v) is 14.6. The summed E-state index contributed by atoms with van der Waals surface area (Å²) in [6, 6.07) is 24.5.